The van der Waals surface area contributed by atoms with Crippen molar-refractivity contribution in [1.82, 2.24) is 5.32 Å². The number of amides is 1. The first kappa shape index (κ1) is 18.5. The van der Waals surface area contributed by atoms with Gasteiger partial charge in [0.1, 0.15) is 5.75 Å². The second-order valence-corrected chi connectivity index (χ2v) is 7.17. The number of aryl methyl sites for hydroxylation is 1. The Morgan fingerprint density at radius 2 is 1.77 bits per heavy atom. The average molecular weight is 412 g/mol. The molecule has 3 nitrogen and oxygen atoms in total. The van der Waals surface area contributed by atoms with Gasteiger partial charge in [0.15, 0.2) is 6.61 Å². The molecule has 0 spiro atoms. The number of hydrogen-bond acceptors (Lipinski definition) is 2. The van der Waals surface area contributed by atoms with Crippen LogP contribution in [-0.4, -0.2) is 18.6 Å². The van der Waals surface area contributed by atoms with Crippen molar-refractivity contribution >= 4 is 32.6 Å². The van der Waals surface area contributed by atoms with Crippen LogP contribution in [0.1, 0.15) is 18.9 Å². The Hall–Kier alpha value is -2.33. The molecule has 0 saturated heterocycles. The standard InChI is InChI=1S/C22H22BrNO2/c1-16(11-12-17-7-3-2-4-8-17)24-21(25)15-26-20-14-13-18-9-5-6-10-19(18)22(20)23/h2-10,13-14,16H,11-12,15H2,1H3,(H,24,25). The number of rotatable bonds is 7. The molecule has 0 aromatic heterocycles. The highest BCUT2D eigenvalue weighted by molar-refractivity contribution is 9.10. The first-order chi connectivity index (χ1) is 12.6. The molecule has 0 saturated carbocycles. The molecule has 0 fully saturated rings. The predicted octanol–water partition coefficient (Wildman–Crippen LogP) is 5.12. The van der Waals surface area contributed by atoms with Gasteiger partial charge in [-0.25, -0.2) is 0 Å². The molecule has 0 aliphatic heterocycles. The quantitative estimate of drug-likeness (QED) is 0.585. The molecule has 1 N–H and O–H groups in total. The zero-order valence-corrected chi connectivity index (χ0v) is 16.3. The summed E-state index contributed by atoms with van der Waals surface area (Å²) < 4.78 is 6.59. The van der Waals surface area contributed by atoms with Crippen LogP contribution in [-0.2, 0) is 11.2 Å². The number of nitrogens with one attached hydrogen (secondary N) is 1. The van der Waals surface area contributed by atoms with Gasteiger partial charge in [-0.3, -0.25) is 4.79 Å². The van der Waals surface area contributed by atoms with Crippen LogP contribution in [0.25, 0.3) is 10.8 Å². The van der Waals surface area contributed by atoms with Gasteiger partial charge in [-0.15, -0.1) is 0 Å². The van der Waals surface area contributed by atoms with Crippen molar-refractivity contribution in [3.8, 4) is 5.75 Å². The van der Waals surface area contributed by atoms with Gasteiger partial charge >= 0.3 is 0 Å². The summed E-state index contributed by atoms with van der Waals surface area (Å²) in [6.07, 6.45) is 1.84. The van der Waals surface area contributed by atoms with Crippen molar-refractivity contribution in [2.75, 3.05) is 6.61 Å². The van der Waals surface area contributed by atoms with E-state index in [4.69, 9.17) is 4.74 Å². The molecule has 0 heterocycles. The molecule has 1 atom stereocenters. The number of halogens is 1. The number of fused-ring (bicyclic) bond motifs is 1. The lowest BCUT2D eigenvalue weighted by Crippen LogP contribution is -2.36. The second-order valence-electron chi connectivity index (χ2n) is 6.38. The first-order valence-electron chi connectivity index (χ1n) is 8.77. The van der Waals surface area contributed by atoms with Crippen LogP contribution in [0, 0.1) is 0 Å². The fraction of sp³-hybridized carbons (Fsp3) is 0.227. The largest absolute Gasteiger partial charge is 0.483 e. The average Bonchev–Trinajstić information content (AvgIpc) is 2.67. The number of ether oxygens (including phenoxy) is 1. The molecule has 26 heavy (non-hydrogen) atoms. The molecular formula is C22H22BrNO2. The van der Waals surface area contributed by atoms with Crippen molar-refractivity contribution in [3.05, 3.63) is 76.8 Å². The van der Waals surface area contributed by atoms with E-state index in [0.29, 0.717) is 5.75 Å². The summed E-state index contributed by atoms with van der Waals surface area (Å²) in [5, 5.41) is 5.20. The van der Waals surface area contributed by atoms with Gasteiger partial charge in [0.05, 0.1) is 4.47 Å². The number of benzene rings is 3. The third kappa shape index (κ3) is 4.85. The number of carbonyl (C=O) groups is 1. The fourth-order valence-electron chi connectivity index (χ4n) is 2.88. The van der Waals surface area contributed by atoms with E-state index < -0.39 is 0 Å². The number of carbonyl (C=O) groups excluding carboxylic acids is 1. The summed E-state index contributed by atoms with van der Waals surface area (Å²) in [5.41, 5.74) is 1.28. The Morgan fingerprint density at radius 1 is 1.04 bits per heavy atom. The molecular weight excluding hydrogens is 390 g/mol. The van der Waals surface area contributed by atoms with E-state index in [9.17, 15) is 4.79 Å². The maximum Gasteiger partial charge on any atom is 0.258 e. The molecule has 4 heteroatoms. The molecule has 1 amide bonds. The summed E-state index contributed by atoms with van der Waals surface area (Å²) in [7, 11) is 0. The van der Waals surface area contributed by atoms with E-state index in [1.165, 1.54) is 5.56 Å². The Bertz CT molecular complexity index is 880. The summed E-state index contributed by atoms with van der Waals surface area (Å²) in [5.74, 6) is 0.571. The van der Waals surface area contributed by atoms with Crippen LogP contribution in [0.2, 0.25) is 0 Å². The van der Waals surface area contributed by atoms with Crippen molar-refractivity contribution in [1.29, 1.82) is 0 Å². The van der Waals surface area contributed by atoms with E-state index in [1.54, 1.807) is 0 Å². The van der Waals surface area contributed by atoms with Crippen molar-refractivity contribution in [2.45, 2.75) is 25.8 Å². The topological polar surface area (TPSA) is 38.3 Å². The maximum atomic E-state index is 12.2. The SMILES string of the molecule is CC(CCc1ccccc1)NC(=O)COc1ccc2ccccc2c1Br. The smallest absolute Gasteiger partial charge is 0.258 e. The minimum Gasteiger partial charge on any atom is -0.483 e. The van der Waals surface area contributed by atoms with Gasteiger partial charge in [0.25, 0.3) is 5.91 Å². The van der Waals surface area contributed by atoms with Crippen molar-refractivity contribution < 1.29 is 9.53 Å². The lowest BCUT2D eigenvalue weighted by molar-refractivity contribution is -0.123. The Morgan fingerprint density at radius 3 is 2.58 bits per heavy atom. The van der Waals surface area contributed by atoms with E-state index >= 15 is 0 Å². The molecule has 0 bridgehead atoms. The molecule has 1 unspecified atom stereocenters. The van der Waals surface area contributed by atoms with Crippen LogP contribution in [0.3, 0.4) is 0 Å². The number of hydrogen-bond donors (Lipinski definition) is 1. The Labute approximate surface area is 162 Å². The summed E-state index contributed by atoms with van der Waals surface area (Å²) >= 11 is 3.58. The summed E-state index contributed by atoms with van der Waals surface area (Å²) in [6, 6.07) is 22.3. The molecule has 3 aromatic rings. The Balaban J connectivity index is 1.50. The van der Waals surface area contributed by atoms with E-state index in [2.05, 4.69) is 33.4 Å². The third-order valence-electron chi connectivity index (χ3n) is 4.30. The maximum absolute atomic E-state index is 12.2. The highest BCUT2D eigenvalue weighted by Crippen LogP contribution is 2.32. The molecule has 0 aliphatic carbocycles. The van der Waals surface area contributed by atoms with Crippen LogP contribution >= 0.6 is 15.9 Å². The van der Waals surface area contributed by atoms with Gasteiger partial charge in [-0.2, -0.15) is 0 Å². The highest BCUT2D eigenvalue weighted by Gasteiger charge is 2.11. The van der Waals surface area contributed by atoms with Gasteiger partial charge in [-0.1, -0.05) is 60.7 Å². The third-order valence-corrected chi connectivity index (χ3v) is 5.12. The normalized spacial score (nSPS) is 11.9. The molecule has 134 valence electrons. The van der Waals surface area contributed by atoms with Crippen LogP contribution in [0.5, 0.6) is 5.75 Å². The van der Waals surface area contributed by atoms with Crippen molar-refractivity contribution in [3.63, 3.8) is 0 Å². The minimum absolute atomic E-state index is 0.00656. The van der Waals surface area contributed by atoms with Crippen LogP contribution in [0.4, 0.5) is 0 Å². The highest BCUT2D eigenvalue weighted by atomic mass is 79.9. The monoisotopic (exact) mass is 411 g/mol. The first-order valence-corrected chi connectivity index (χ1v) is 9.56. The zero-order valence-electron chi connectivity index (χ0n) is 14.7. The molecule has 3 aromatic carbocycles. The van der Waals surface area contributed by atoms with Crippen molar-refractivity contribution in [2.24, 2.45) is 0 Å². The minimum atomic E-state index is -0.106. The molecule has 3 rings (SSSR count). The lowest BCUT2D eigenvalue weighted by Gasteiger charge is -2.15. The van der Waals surface area contributed by atoms with Gasteiger partial charge < -0.3 is 10.1 Å². The lowest BCUT2D eigenvalue weighted by atomic mass is 10.1. The van der Waals surface area contributed by atoms with E-state index in [-0.39, 0.29) is 18.6 Å². The van der Waals surface area contributed by atoms with Crippen LogP contribution < -0.4 is 10.1 Å². The van der Waals surface area contributed by atoms with E-state index in [0.717, 1.165) is 28.1 Å². The predicted molar refractivity (Wildman–Crippen MR) is 110 cm³/mol. The summed E-state index contributed by atoms with van der Waals surface area (Å²) in [4.78, 5) is 12.2. The van der Waals surface area contributed by atoms with E-state index in [1.807, 2.05) is 61.5 Å². The summed E-state index contributed by atoms with van der Waals surface area (Å²) in [6.45, 7) is 2.03. The molecule has 0 aliphatic rings. The zero-order chi connectivity index (χ0) is 18.4. The van der Waals surface area contributed by atoms with Crippen LogP contribution in [0.15, 0.2) is 71.2 Å². The van der Waals surface area contributed by atoms with Gasteiger partial charge in [0, 0.05) is 6.04 Å². The molecule has 0 radical (unpaired) electrons. The van der Waals surface area contributed by atoms with Gasteiger partial charge in [-0.05, 0) is 58.1 Å². The fourth-order valence-corrected chi connectivity index (χ4v) is 3.49. The second kappa shape index (κ2) is 8.86. The van der Waals surface area contributed by atoms with Gasteiger partial charge in [0.2, 0.25) is 0 Å². The Kier molecular flexibility index (Phi) is 6.29.